The van der Waals surface area contributed by atoms with Crippen molar-refractivity contribution in [3.05, 3.63) is 44.4 Å². The lowest BCUT2D eigenvalue weighted by Crippen LogP contribution is -2.40. The van der Waals surface area contributed by atoms with E-state index in [-0.39, 0.29) is 5.56 Å². The molecular weight excluding hydrogens is 250 g/mol. The number of hydrogen-bond acceptors (Lipinski definition) is 4. The van der Waals surface area contributed by atoms with E-state index >= 15 is 0 Å². The number of carbonyl (C=O) groups excluding carboxylic acids is 1. The number of amides is 1. The molecule has 0 unspecified atom stereocenters. The van der Waals surface area contributed by atoms with E-state index in [1.807, 2.05) is 0 Å². The predicted molar refractivity (Wildman–Crippen MR) is 68.2 cm³/mol. The highest BCUT2D eigenvalue weighted by Gasteiger charge is 2.15. The van der Waals surface area contributed by atoms with Gasteiger partial charge in [-0.05, 0) is 6.92 Å². The van der Waals surface area contributed by atoms with Crippen molar-refractivity contribution in [1.82, 2.24) is 19.3 Å². The van der Waals surface area contributed by atoms with Crippen LogP contribution in [0.4, 0.5) is 5.82 Å². The van der Waals surface area contributed by atoms with Crippen LogP contribution in [0.15, 0.2) is 21.9 Å². The van der Waals surface area contributed by atoms with Crippen LogP contribution in [0.3, 0.4) is 0 Å². The lowest BCUT2D eigenvalue weighted by molar-refractivity contribution is 0.102. The van der Waals surface area contributed by atoms with Crippen LogP contribution in [-0.2, 0) is 14.1 Å². The molecule has 0 aliphatic carbocycles. The minimum atomic E-state index is -0.646. The Balaban J connectivity index is 2.40. The summed E-state index contributed by atoms with van der Waals surface area (Å²) in [6.45, 7) is 1.79. The summed E-state index contributed by atoms with van der Waals surface area (Å²) in [4.78, 5) is 35.3. The van der Waals surface area contributed by atoms with Gasteiger partial charge in [0.2, 0.25) is 0 Å². The number of aromatic amines is 1. The zero-order valence-corrected chi connectivity index (χ0v) is 10.7. The summed E-state index contributed by atoms with van der Waals surface area (Å²) < 4.78 is 2.05. The van der Waals surface area contributed by atoms with Crippen molar-refractivity contribution in [2.45, 2.75) is 6.92 Å². The van der Waals surface area contributed by atoms with Crippen molar-refractivity contribution in [2.75, 3.05) is 5.32 Å². The van der Waals surface area contributed by atoms with Crippen molar-refractivity contribution in [2.24, 2.45) is 14.1 Å². The summed E-state index contributed by atoms with van der Waals surface area (Å²) in [5.41, 5.74) is -0.473. The van der Waals surface area contributed by atoms with Gasteiger partial charge in [0, 0.05) is 32.1 Å². The summed E-state index contributed by atoms with van der Waals surface area (Å²) in [6.07, 6.45) is 1.21. The lowest BCUT2D eigenvalue weighted by Gasteiger charge is -2.06. The zero-order valence-electron chi connectivity index (χ0n) is 10.7. The van der Waals surface area contributed by atoms with Gasteiger partial charge in [0.15, 0.2) is 5.82 Å². The summed E-state index contributed by atoms with van der Waals surface area (Å²) in [5.74, 6) is -0.291. The lowest BCUT2D eigenvalue weighted by atomic mass is 10.3. The summed E-state index contributed by atoms with van der Waals surface area (Å²) in [7, 11) is 2.79. The van der Waals surface area contributed by atoms with Crippen molar-refractivity contribution in [3.8, 4) is 0 Å². The average Bonchev–Trinajstić information content (AvgIpc) is 2.76. The second-order valence-corrected chi connectivity index (χ2v) is 4.19. The number of nitrogens with zero attached hydrogens (tertiary/aromatic N) is 3. The Bertz CT molecular complexity index is 752. The van der Waals surface area contributed by atoms with E-state index in [1.165, 1.54) is 24.9 Å². The van der Waals surface area contributed by atoms with Crippen molar-refractivity contribution in [1.29, 1.82) is 0 Å². The molecule has 0 radical (unpaired) electrons. The second-order valence-electron chi connectivity index (χ2n) is 4.19. The first kappa shape index (κ1) is 12.8. The fraction of sp³-hybridized carbons (Fsp3) is 0.273. The third kappa shape index (κ3) is 2.32. The molecule has 2 aromatic heterocycles. The van der Waals surface area contributed by atoms with Gasteiger partial charge in [-0.1, -0.05) is 0 Å². The van der Waals surface area contributed by atoms with E-state index in [2.05, 4.69) is 15.5 Å². The van der Waals surface area contributed by atoms with Crippen LogP contribution in [0.1, 0.15) is 16.1 Å². The van der Waals surface area contributed by atoms with Gasteiger partial charge in [-0.25, -0.2) is 4.79 Å². The monoisotopic (exact) mass is 263 g/mol. The molecule has 0 saturated heterocycles. The molecule has 2 rings (SSSR count). The Morgan fingerprint density at radius 2 is 2.05 bits per heavy atom. The molecule has 0 atom stereocenters. The quantitative estimate of drug-likeness (QED) is 0.753. The molecule has 100 valence electrons. The fourth-order valence-electron chi connectivity index (χ4n) is 1.63. The number of aryl methyl sites for hydroxylation is 2. The average molecular weight is 263 g/mol. The molecule has 8 nitrogen and oxygen atoms in total. The number of rotatable bonds is 2. The molecule has 0 saturated carbocycles. The molecule has 19 heavy (non-hydrogen) atoms. The maximum atomic E-state index is 12.0. The maximum Gasteiger partial charge on any atom is 0.330 e. The second kappa shape index (κ2) is 4.56. The normalized spacial score (nSPS) is 10.5. The molecule has 0 aliphatic heterocycles. The van der Waals surface area contributed by atoms with Crippen LogP contribution in [0.2, 0.25) is 0 Å². The van der Waals surface area contributed by atoms with Gasteiger partial charge in [0.25, 0.3) is 11.5 Å². The molecule has 0 spiro atoms. The standard InChI is InChI=1S/C11H13N5O3/c1-6-4-8(14-13-6)12-9(17)7-5-15(2)11(19)16(3)10(7)18/h4-5H,1-3H3,(H2,12,13,14,17). The van der Waals surface area contributed by atoms with Gasteiger partial charge < -0.3 is 9.88 Å². The SMILES string of the molecule is Cc1cc(NC(=O)c2cn(C)c(=O)n(C)c2=O)n[nH]1. The Labute approximate surface area is 107 Å². The first-order valence-corrected chi connectivity index (χ1v) is 5.50. The van der Waals surface area contributed by atoms with Crippen LogP contribution >= 0.6 is 0 Å². The van der Waals surface area contributed by atoms with Crippen molar-refractivity contribution < 1.29 is 4.79 Å². The Morgan fingerprint density at radius 1 is 1.37 bits per heavy atom. The summed E-state index contributed by atoms with van der Waals surface area (Å²) in [5, 5.41) is 8.99. The number of carbonyl (C=O) groups is 1. The number of H-pyrrole nitrogens is 1. The number of anilines is 1. The molecule has 8 heteroatoms. The molecule has 0 aromatic carbocycles. The van der Waals surface area contributed by atoms with Gasteiger partial charge in [0.05, 0.1) is 0 Å². The van der Waals surface area contributed by atoms with E-state index in [0.717, 1.165) is 10.3 Å². The Hall–Kier alpha value is -2.64. The Morgan fingerprint density at radius 3 is 2.63 bits per heavy atom. The van der Waals surface area contributed by atoms with Gasteiger partial charge in [-0.3, -0.25) is 19.3 Å². The first-order valence-electron chi connectivity index (χ1n) is 5.50. The highest BCUT2D eigenvalue weighted by atomic mass is 16.2. The van der Waals surface area contributed by atoms with E-state index < -0.39 is 17.2 Å². The Kier molecular flexibility index (Phi) is 3.07. The fourth-order valence-corrected chi connectivity index (χ4v) is 1.63. The van der Waals surface area contributed by atoms with Crippen molar-refractivity contribution >= 4 is 11.7 Å². The number of aromatic nitrogens is 4. The number of nitrogens with one attached hydrogen (secondary N) is 2. The van der Waals surface area contributed by atoms with E-state index in [0.29, 0.717) is 5.82 Å². The minimum absolute atomic E-state index is 0.120. The molecule has 1 amide bonds. The van der Waals surface area contributed by atoms with E-state index in [9.17, 15) is 14.4 Å². The molecule has 2 heterocycles. The van der Waals surface area contributed by atoms with Crippen LogP contribution in [-0.4, -0.2) is 25.2 Å². The molecule has 0 aliphatic rings. The molecule has 0 bridgehead atoms. The maximum absolute atomic E-state index is 12.0. The topological polar surface area (TPSA) is 102 Å². The first-order chi connectivity index (χ1) is 8.90. The molecule has 2 N–H and O–H groups in total. The van der Waals surface area contributed by atoms with Gasteiger partial charge in [-0.15, -0.1) is 0 Å². The van der Waals surface area contributed by atoms with Crippen LogP contribution in [0.25, 0.3) is 0 Å². The zero-order chi connectivity index (χ0) is 14.2. The summed E-state index contributed by atoms with van der Waals surface area (Å²) in [6, 6.07) is 1.63. The largest absolute Gasteiger partial charge is 0.330 e. The van der Waals surface area contributed by atoms with Gasteiger partial charge in [0.1, 0.15) is 5.56 Å². The smallest absolute Gasteiger partial charge is 0.305 e. The van der Waals surface area contributed by atoms with Gasteiger partial charge in [-0.2, -0.15) is 5.10 Å². The summed E-state index contributed by atoms with van der Waals surface area (Å²) >= 11 is 0. The van der Waals surface area contributed by atoms with E-state index in [1.54, 1.807) is 13.0 Å². The highest BCUT2D eigenvalue weighted by Crippen LogP contribution is 2.04. The minimum Gasteiger partial charge on any atom is -0.305 e. The molecule has 0 fully saturated rings. The van der Waals surface area contributed by atoms with Crippen LogP contribution in [0.5, 0.6) is 0 Å². The third-order valence-corrected chi connectivity index (χ3v) is 2.64. The molecular formula is C11H13N5O3. The molecule has 2 aromatic rings. The highest BCUT2D eigenvalue weighted by molar-refractivity contribution is 6.03. The van der Waals surface area contributed by atoms with Crippen molar-refractivity contribution in [3.63, 3.8) is 0 Å². The number of hydrogen-bond donors (Lipinski definition) is 2. The van der Waals surface area contributed by atoms with Gasteiger partial charge >= 0.3 is 5.69 Å². The third-order valence-electron chi connectivity index (χ3n) is 2.64. The van der Waals surface area contributed by atoms with Crippen LogP contribution < -0.4 is 16.6 Å². The van der Waals surface area contributed by atoms with Crippen LogP contribution in [0, 0.1) is 6.92 Å². The predicted octanol–water partition coefficient (Wildman–Crippen LogP) is -0.632. The van der Waals surface area contributed by atoms with E-state index in [4.69, 9.17) is 0 Å².